The Kier molecular flexibility index (Phi) is 6.94. The Bertz CT molecular complexity index is 988. The topological polar surface area (TPSA) is 65.7 Å². The van der Waals surface area contributed by atoms with Crippen LogP contribution in [0.2, 0.25) is 0 Å². The monoisotopic (exact) mass is 411 g/mol. The molecule has 1 aliphatic rings. The molecule has 0 spiro atoms. The van der Waals surface area contributed by atoms with Gasteiger partial charge in [-0.2, -0.15) is 5.26 Å². The van der Waals surface area contributed by atoms with Gasteiger partial charge in [0, 0.05) is 43.2 Å². The van der Waals surface area contributed by atoms with Gasteiger partial charge in [0.1, 0.15) is 5.75 Å². The van der Waals surface area contributed by atoms with Crippen LogP contribution in [-0.2, 0) is 16.1 Å². The minimum atomic E-state index is -2.30. The van der Waals surface area contributed by atoms with E-state index in [1.807, 2.05) is 42.5 Å². The maximum Gasteiger partial charge on any atom is 0.119 e. The van der Waals surface area contributed by atoms with Gasteiger partial charge in [0.05, 0.1) is 28.0 Å². The predicted octanol–water partition coefficient (Wildman–Crippen LogP) is 3.98. The third-order valence-electron chi connectivity index (χ3n) is 5.63. The molecular formula is C23H29N3O2S. The van der Waals surface area contributed by atoms with E-state index in [0.717, 1.165) is 42.1 Å². The highest BCUT2D eigenvalue weighted by molar-refractivity contribution is 7.93. The Morgan fingerprint density at radius 1 is 1.28 bits per heavy atom. The molecule has 0 aromatic heterocycles. The smallest absolute Gasteiger partial charge is 0.119 e. The van der Waals surface area contributed by atoms with Crippen LogP contribution in [0.3, 0.4) is 0 Å². The molecule has 3 rings (SSSR count). The third kappa shape index (κ3) is 5.59. The van der Waals surface area contributed by atoms with E-state index in [9.17, 15) is 4.21 Å². The Hall–Kier alpha value is -2.36. The number of rotatable bonds is 7. The van der Waals surface area contributed by atoms with Gasteiger partial charge < -0.3 is 4.74 Å². The third-order valence-corrected chi connectivity index (χ3v) is 7.47. The zero-order chi connectivity index (χ0) is 20.9. The number of hydrogen-bond donors (Lipinski definition) is 0. The van der Waals surface area contributed by atoms with Crippen LogP contribution in [0.5, 0.6) is 5.75 Å². The van der Waals surface area contributed by atoms with Crippen LogP contribution in [0.4, 0.5) is 0 Å². The molecule has 0 radical (unpaired) electrons. The minimum absolute atomic E-state index is 0.496. The van der Waals surface area contributed by atoms with Gasteiger partial charge in [0.15, 0.2) is 0 Å². The lowest BCUT2D eigenvalue weighted by molar-refractivity contribution is 0.234. The lowest BCUT2D eigenvalue weighted by atomic mass is 10.1. The summed E-state index contributed by atoms with van der Waals surface area (Å²) >= 11 is 0. The van der Waals surface area contributed by atoms with E-state index >= 15 is 0 Å². The van der Waals surface area contributed by atoms with Gasteiger partial charge in [-0.15, -0.1) is 0 Å². The summed E-state index contributed by atoms with van der Waals surface area (Å²) in [4.78, 5) is 3.24. The molecule has 1 heterocycles. The van der Waals surface area contributed by atoms with Crippen molar-refractivity contribution in [1.82, 2.24) is 4.90 Å². The molecule has 2 aromatic carbocycles. The van der Waals surface area contributed by atoms with E-state index in [-0.39, 0.29) is 0 Å². The minimum Gasteiger partial charge on any atom is -0.493 e. The number of hydrogen-bond acceptors (Lipinski definition) is 5. The molecule has 29 heavy (non-hydrogen) atoms. The van der Waals surface area contributed by atoms with E-state index in [1.165, 1.54) is 5.56 Å². The highest BCUT2D eigenvalue weighted by Gasteiger charge is 2.29. The van der Waals surface area contributed by atoms with Crippen molar-refractivity contribution in [3.05, 3.63) is 59.7 Å². The normalized spacial score (nSPS) is 21.3. The molecule has 6 heteroatoms. The molecule has 0 amide bonds. The van der Waals surface area contributed by atoms with Crippen LogP contribution in [-0.4, -0.2) is 48.2 Å². The standard InChI is InChI=1S/C23H29N3O2S/c1-18-13-21(16-26(18)12-11-19-5-4-6-20(14-19)15-24)17-28-22-7-9-23(10-8-22)29(3,27)25-2/h4-10,14,18,21H,11-13,16-17H2,1-3H3. The van der Waals surface area contributed by atoms with Crippen molar-refractivity contribution >= 4 is 9.73 Å². The van der Waals surface area contributed by atoms with Crippen LogP contribution in [0.25, 0.3) is 0 Å². The average Bonchev–Trinajstić information content (AvgIpc) is 3.10. The van der Waals surface area contributed by atoms with Crippen molar-refractivity contribution in [3.8, 4) is 11.8 Å². The average molecular weight is 412 g/mol. The molecule has 3 atom stereocenters. The Balaban J connectivity index is 1.49. The fraction of sp³-hybridized carbons (Fsp3) is 0.435. The van der Waals surface area contributed by atoms with Crippen LogP contribution in [0.1, 0.15) is 24.5 Å². The van der Waals surface area contributed by atoms with E-state index < -0.39 is 9.73 Å². The van der Waals surface area contributed by atoms with Crippen molar-refractivity contribution in [2.24, 2.45) is 10.3 Å². The fourth-order valence-electron chi connectivity index (χ4n) is 3.83. The molecule has 1 aliphatic heterocycles. The summed E-state index contributed by atoms with van der Waals surface area (Å²) < 4.78 is 22.2. The number of ether oxygens (including phenoxy) is 1. The van der Waals surface area contributed by atoms with Gasteiger partial charge in [0.25, 0.3) is 0 Å². The second-order valence-electron chi connectivity index (χ2n) is 7.78. The van der Waals surface area contributed by atoms with Crippen LogP contribution < -0.4 is 4.74 Å². The quantitative estimate of drug-likeness (QED) is 0.691. The summed E-state index contributed by atoms with van der Waals surface area (Å²) in [6.45, 7) is 4.97. The van der Waals surface area contributed by atoms with Crippen molar-refractivity contribution in [2.75, 3.05) is 33.0 Å². The van der Waals surface area contributed by atoms with Crippen molar-refractivity contribution in [1.29, 1.82) is 5.26 Å². The lowest BCUT2D eigenvalue weighted by Crippen LogP contribution is -2.29. The zero-order valence-electron chi connectivity index (χ0n) is 17.4. The number of likely N-dealkylation sites (tertiary alicyclic amines) is 1. The van der Waals surface area contributed by atoms with E-state index in [0.29, 0.717) is 18.6 Å². The molecule has 1 saturated heterocycles. The molecule has 154 valence electrons. The molecule has 0 aliphatic carbocycles. The molecule has 0 bridgehead atoms. The number of benzene rings is 2. The first-order valence-electron chi connectivity index (χ1n) is 9.97. The van der Waals surface area contributed by atoms with E-state index in [2.05, 4.69) is 28.3 Å². The van der Waals surface area contributed by atoms with Gasteiger partial charge >= 0.3 is 0 Å². The summed E-state index contributed by atoms with van der Waals surface area (Å²) in [7, 11) is -0.716. The van der Waals surface area contributed by atoms with Crippen LogP contribution >= 0.6 is 0 Å². The number of nitrogens with zero attached hydrogens (tertiary/aromatic N) is 3. The first kappa shape index (κ1) is 21.4. The van der Waals surface area contributed by atoms with E-state index in [1.54, 1.807) is 13.3 Å². The fourth-order valence-corrected chi connectivity index (χ4v) is 4.68. The first-order valence-corrected chi connectivity index (χ1v) is 11.9. The Labute approximate surface area is 174 Å². The summed E-state index contributed by atoms with van der Waals surface area (Å²) in [5, 5.41) is 9.05. The Morgan fingerprint density at radius 2 is 2.03 bits per heavy atom. The summed E-state index contributed by atoms with van der Waals surface area (Å²) in [6.07, 6.45) is 3.72. The molecular weight excluding hydrogens is 382 g/mol. The zero-order valence-corrected chi connectivity index (χ0v) is 18.2. The lowest BCUT2D eigenvalue weighted by Gasteiger charge is -2.21. The summed E-state index contributed by atoms with van der Waals surface area (Å²) in [5.74, 6) is 1.30. The highest BCUT2D eigenvalue weighted by atomic mass is 32.2. The van der Waals surface area contributed by atoms with Crippen molar-refractivity contribution < 1.29 is 8.95 Å². The van der Waals surface area contributed by atoms with Gasteiger partial charge in [0.2, 0.25) is 0 Å². The molecule has 2 aromatic rings. The largest absolute Gasteiger partial charge is 0.493 e. The van der Waals surface area contributed by atoms with Gasteiger partial charge in [-0.05, 0) is 61.7 Å². The van der Waals surface area contributed by atoms with Crippen molar-refractivity contribution in [3.63, 3.8) is 0 Å². The van der Waals surface area contributed by atoms with Gasteiger partial charge in [-0.25, -0.2) is 8.57 Å². The maximum absolute atomic E-state index is 12.3. The maximum atomic E-state index is 12.3. The van der Waals surface area contributed by atoms with Crippen LogP contribution in [0, 0.1) is 17.2 Å². The highest BCUT2D eigenvalue weighted by Crippen LogP contribution is 2.25. The molecule has 5 nitrogen and oxygen atoms in total. The van der Waals surface area contributed by atoms with Crippen molar-refractivity contribution in [2.45, 2.75) is 30.7 Å². The second kappa shape index (κ2) is 9.43. The SMILES string of the molecule is CN=S(C)(=O)c1ccc(OCC2CC(C)N(CCc3cccc(C#N)c3)C2)cc1. The summed E-state index contributed by atoms with van der Waals surface area (Å²) in [6, 6.07) is 18.0. The molecule has 0 saturated carbocycles. The Morgan fingerprint density at radius 3 is 2.72 bits per heavy atom. The second-order valence-corrected chi connectivity index (χ2v) is 10.2. The molecule has 0 N–H and O–H groups in total. The van der Waals surface area contributed by atoms with Gasteiger partial charge in [-0.1, -0.05) is 12.1 Å². The van der Waals surface area contributed by atoms with E-state index in [4.69, 9.17) is 10.00 Å². The summed E-state index contributed by atoms with van der Waals surface area (Å²) in [5.41, 5.74) is 1.93. The molecule has 3 unspecified atom stereocenters. The van der Waals surface area contributed by atoms with Crippen LogP contribution in [0.15, 0.2) is 57.8 Å². The number of nitriles is 1. The predicted molar refractivity (Wildman–Crippen MR) is 117 cm³/mol. The first-order chi connectivity index (χ1) is 13.9. The van der Waals surface area contributed by atoms with Gasteiger partial charge in [-0.3, -0.25) is 4.90 Å². The molecule has 1 fully saturated rings.